The fourth-order valence-electron chi connectivity index (χ4n) is 5.39. The van der Waals surface area contributed by atoms with Crippen LogP contribution in [0, 0.1) is 5.82 Å². The Morgan fingerprint density at radius 3 is 2.51 bits per heavy atom. The number of hydrogen-bond acceptors (Lipinski definition) is 5. The van der Waals surface area contributed by atoms with E-state index in [0.29, 0.717) is 31.0 Å². The summed E-state index contributed by atoms with van der Waals surface area (Å²) in [5, 5.41) is 4.80. The SMILES string of the molecule is COC(=O)CCC(=O)N1CCN2C(=O)c3cn4nc(-c5ccc(F)cc5)cc(C(C)(C)C)c4[n+]3C2(C)C1. The van der Waals surface area contributed by atoms with Crippen LogP contribution in [0.1, 0.15) is 56.6 Å². The molecule has 1 atom stereocenters. The van der Waals surface area contributed by atoms with Gasteiger partial charge < -0.3 is 9.64 Å². The maximum Gasteiger partial charge on any atom is 0.313 e. The number of aromatic nitrogens is 3. The van der Waals surface area contributed by atoms with Crippen molar-refractivity contribution in [3.05, 3.63) is 53.6 Å². The molecule has 194 valence electrons. The lowest BCUT2D eigenvalue weighted by atomic mass is 9.87. The zero-order valence-corrected chi connectivity index (χ0v) is 21.7. The Balaban J connectivity index is 1.61. The van der Waals surface area contributed by atoms with Crippen molar-refractivity contribution in [2.45, 2.75) is 51.6 Å². The molecule has 3 aromatic rings. The van der Waals surface area contributed by atoms with Gasteiger partial charge in [0.05, 0.1) is 25.6 Å². The van der Waals surface area contributed by atoms with Crippen LogP contribution >= 0.6 is 0 Å². The minimum atomic E-state index is -0.820. The van der Waals surface area contributed by atoms with Crippen molar-refractivity contribution in [2.75, 3.05) is 26.7 Å². The van der Waals surface area contributed by atoms with E-state index in [9.17, 15) is 18.8 Å². The molecule has 2 aromatic heterocycles. The van der Waals surface area contributed by atoms with Gasteiger partial charge in [0, 0.05) is 32.0 Å². The first-order valence-corrected chi connectivity index (χ1v) is 12.4. The highest BCUT2D eigenvalue weighted by Crippen LogP contribution is 2.35. The molecular weight excluding hydrogens is 477 g/mol. The molecule has 2 aliphatic heterocycles. The van der Waals surface area contributed by atoms with Crippen LogP contribution in [0.4, 0.5) is 4.39 Å². The monoisotopic (exact) mass is 508 g/mol. The predicted octanol–water partition coefficient (Wildman–Crippen LogP) is 2.65. The van der Waals surface area contributed by atoms with Gasteiger partial charge in [0.1, 0.15) is 11.5 Å². The lowest BCUT2D eigenvalue weighted by molar-refractivity contribution is -0.749. The highest BCUT2D eigenvalue weighted by Gasteiger charge is 2.57. The Morgan fingerprint density at radius 2 is 1.86 bits per heavy atom. The van der Waals surface area contributed by atoms with E-state index in [1.54, 1.807) is 27.7 Å². The first-order chi connectivity index (χ1) is 17.4. The molecule has 10 heteroatoms. The van der Waals surface area contributed by atoms with Gasteiger partial charge in [0.2, 0.25) is 17.3 Å². The molecule has 2 aliphatic rings. The summed E-state index contributed by atoms with van der Waals surface area (Å²) in [5.41, 5.74) is 2.56. The number of imidazole rings is 1. The van der Waals surface area contributed by atoms with E-state index >= 15 is 0 Å². The topological polar surface area (TPSA) is 88.1 Å². The number of benzene rings is 1. The Morgan fingerprint density at radius 1 is 1.16 bits per heavy atom. The molecule has 0 saturated carbocycles. The van der Waals surface area contributed by atoms with Crippen molar-refractivity contribution >= 4 is 23.4 Å². The van der Waals surface area contributed by atoms with E-state index in [1.165, 1.54) is 19.2 Å². The molecule has 37 heavy (non-hydrogen) atoms. The van der Waals surface area contributed by atoms with E-state index in [2.05, 4.69) is 25.5 Å². The van der Waals surface area contributed by atoms with E-state index in [0.717, 1.165) is 16.8 Å². The summed E-state index contributed by atoms with van der Waals surface area (Å²) in [5.74, 6) is -1.01. The van der Waals surface area contributed by atoms with Gasteiger partial charge in [-0.2, -0.15) is 4.57 Å². The second-order valence-electron chi connectivity index (χ2n) is 10.9. The molecule has 1 unspecified atom stereocenters. The molecule has 1 aromatic carbocycles. The number of fused-ring (bicyclic) bond motifs is 5. The number of piperazine rings is 1. The average Bonchev–Trinajstić information content (AvgIpc) is 3.34. The van der Waals surface area contributed by atoms with Crippen molar-refractivity contribution in [1.29, 1.82) is 0 Å². The molecule has 0 spiro atoms. The number of carbonyl (C=O) groups excluding carboxylic acids is 3. The third-order valence-electron chi connectivity index (χ3n) is 7.33. The fraction of sp³-hybridized carbons (Fsp3) is 0.444. The molecule has 2 amide bonds. The smallest absolute Gasteiger partial charge is 0.313 e. The van der Waals surface area contributed by atoms with Gasteiger partial charge in [-0.15, -0.1) is 0 Å². The van der Waals surface area contributed by atoms with Gasteiger partial charge in [0.15, 0.2) is 6.20 Å². The van der Waals surface area contributed by atoms with E-state index in [-0.39, 0.29) is 35.9 Å². The van der Waals surface area contributed by atoms with E-state index in [4.69, 9.17) is 5.10 Å². The number of hydrogen-bond donors (Lipinski definition) is 0. The molecule has 1 saturated heterocycles. The summed E-state index contributed by atoms with van der Waals surface area (Å²) in [6.07, 6.45) is 1.82. The van der Waals surface area contributed by atoms with E-state index < -0.39 is 11.6 Å². The minimum absolute atomic E-state index is 0.0169. The quantitative estimate of drug-likeness (QED) is 0.400. The van der Waals surface area contributed by atoms with Crippen molar-refractivity contribution in [3.63, 3.8) is 0 Å². The third kappa shape index (κ3) is 4.04. The second-order valence-corrected chi connectivity index (χ2v) is 10.9. The molecule has 0 radical (unpaired) electrons. The minimum Gasteiger partial charge on any atom is -0.469 e. The van der Waals surface area contributed by atoms with Gasteiger partial charge >= 0.3 is 17.5 Å². The normalized spacial score (nSPS) is 19.2. The number of nitrogens with zero attached hydrogens (tertiary/aromatic N) is 5. The Kier molecular flexibility index (Phi) is 5.80. The number of rotatable bonds is 4. The molecule has 0 N–H and O–H groups in total. The Hall–Kier alpha value is -3.82. The van der Waals surface area contributed by atoms with Crippen molar-refractivity contribution < 1.29 is 28.1 Å². The van der Waals surface area contributed by atoms with Gasteiger partial charge in [-0.25, -0.2) is 4.39 Å². The van der Waals surface area contributed by atoms with Crippen molar-refractivity contribution in [2.24, 2.45) is 0 Å². The van der Waals surface area contributed by atoms with Gasteiger partial charge in [-0.05, 0) is 35.7 Å². The number of ether oxygens (including phenoxy) is 1. The molecule has 0 bridgehead atoms. The Bertz CT molecular complexity index is 1430. The molecule has 0 aliphatic carbocycles. The maximum absolute atomic E-state index is 13.5. The van der Waals surface area contributed by atoms with Crippen LogP contribution < -0.4 is 4.57 Å². The highest BCUT2D eigenvalue weighted by molar-refractivity contribution is 5.93. The summed E-state index contributed by atoms with van der Waals surface area (Å²) >= 11 is 0. The standard InChI is InChI=1S/C27H31FN5O4/c1-26(2,3)19-14-20(17-6-8-18(28)9-7-17)29-32-15-21-25(36)31-13-12-30(22(34)10-11-23(35)37-5)16-27(31,4)33(21)24(19)32/h6-9,14-15H,10-13,16H2,1-5H3/q+1. The average molecular weight is 509 g/mol. The molecular formula is C27H31FN5O4+. The molecule has 9 nitrogen and oxygen atoms in total. The van der Waals surface area contributed by atoms with Crippen LogP contribution in [0.5, 0.6) is 0 Å². The fourth-order valence-corrected chi connectivity index (χ4v) is 5.39. The zero-order chi connectivity index (χ0) is 26.7. The summed E-state index contributed by atoms with van der Waals surface area (Å²) in [4.78, 5) is 41.6. The van der Waals surface area contributed by atoms with Gasteiger partial charge in [-0.1, -0.05) is 30.4 Å². The summed E-state index contributed by atoms with van der Waals surface area (Å²) < 4.78 is 21.9. The number of halogens is 1. The summed E-state index contributed by atoms with van der Waals surface area (Å²) in [6, 6.07) is 8.17. The first-order valence-electron chi connectivity index (χ1n) is 12.4. The van der Waals surface area contributed by atoms with Crippen LogP contribution in [-0.4, -0.2) is 63.9 Å². The van der Waals surface area contributed by atoms with E-state index in [1.807, 2.05) is 22.5 Å². The largest absolute Gasteiger partial charge is 0.469 e. The van der Waals surface area contributed by atoms with Crippen LogP contribution in [0.25, 0.3) is 16.9 Å². The summed E-state index contributed by atoms with van der Waals surface area (Å²) in [6.45, 7) is 9.32. The van der Waals surface area contributed by atoms with Gasteiger partial charge in [0.25, 0.3) is 0 Å². The Labute approximate surface area is 214 Å². The highest BCUT2D eigenvalue weighted by atomic mass is 19.1. The first kappa shape index (κ1) is 24.9. The third-order valence-corrected chi connectivity index (χ3v) is 7.33. The second kappa shape index (κ2) is 8.64. The predicted molar refractivity (Wildman–Crippen MR) is 132 cm³/mol. The van der Waals surface area contributed by atoms with Crippen LogP contribution in [-0.2, 0) is 25.4 Å². The zero-order valence-electron chi connectivity index (χ0n) is 21.7. The molecule has 1 fully saturated rings. The van der Waals surface area contributed by atoms with Gasteiger partial charge in [-0.3, -0.25) is 19.3 Å². The summed E-state index contributed by atoms with van der Waals surface area (Å²) in [7, 11) is 1.30. The lowest BCUT2D eigenvalue weighted by Gasteiger charge is -2.42. The van der Waals surface area contributed by atoms with Crippen LogP contribution in [0.15, 0.2) is 36.5 Å². The lowest BCUT2D eigenvalue weighted by Crippen LogP contribution is -2.69. The number of methoxy groups -OCH3 is 1. The maximum atomic E-state index is 13.5. The van der Waals surface area contributed by atoms with Crippen LogP contribution in [0.3, 0.4) is 0 Å². The number of carbonyl (C=O) groups is 3. The van der Waals surface area contributed by atoms with Crippen LogP contribution in [0.2, 0.25) is 0 Å². The van der Waals surface area contributed by atoms with Crippen molar-refractivity contribution in [1.82, 2.24) is 19.4 Å². The molecule has 5 rings (SSSR count). The number of amides is 2. The number of esters is 1. The molecule has 4 heterocycles. The van der Waals surface area contributed by atoms with Crippen molar-refractivity contribution in [3.8, 4) is 11.3 Å².